The van der Waals surface area contributed by atoms with E-state index in [1.807, 2.05) is 20.8 Å². The summed E-state index contributed by atoms with van der Waals surface area (Å²) in [7, 11) is 1.57. The van der Waals surface area contributed by atoms with Gasteiger partial charge in [-0.15, -0.1) is 0 Å². The summed E-state index contributed by atoms with van der Waals surface area (Å²) >= 11 is 6.07. The number of nitrogens with one attached hydrogen (secondary N) is 1. The molecule has 114 valence electrons. The molecule has 0 aromatic carbocycles. The average Bonchev–Trinajstić information content (AvgIpc) is 2.39. The Hall–Kier alpha value is -1.11. The van der Waals surface area contributed by atoms with E-state index in [1.54, 1.807) is 13.3 Å². The number of methoxy groups -OCH3 is 1. The van der Waals surface area contributed by atoms with E-state index in [0.717, 1.165) is 0 Å². The van der Waals surface area contributed by atoms with Gasteiger partial charge in [0.25, 0.3) is 5.56 Å². The van der Waals surface area contributed by atoms with Crippen molar-refractivity contribution < 1.29 is 9.47 Å². The normalized spacial score (nSPS) is 11.7. The van der Waals surface area contributed by atoms with Crippen LogP contribution in [0.25, 0.3) is 0 Å². The van der Waals surface area contributed by atoms with Crippen molar-refractivity contribution in [3.63, 3.8) is 0 Å². The van der Waals surface area contributed by atoms with Crippen molar-refractivity contribution in [2.24, 2.45) is 0 Å². The summed E-state index contributed by atoms with van der Waals surface area (Å²) < 4.78 is 11.8. The van der Waals surface area contributed by atoms with Gasteiger partial charge in [-0.05, 0) is 20.8 Å². The van der Waals surface area contributed by atoms with Crippen molar-refractivity contribution in [2.75, 3.05) is 32.2 Å². The molecule has 1 rings (SSSR count). The van der Waals surface area contributed by atoms with Gasteiger partial charge in [0.1, 0.15) is 5.02 Å². The van der Waals surface area contributed by atoms with Crippen LogP contribution in [0.2, 0.25) is 5.02 Å². The highest BCUT2D eigenvalue weighted by atomic mass is 35.5. The highest BCUT2D eigenvalue weighted by Crippen LogP contribution is 2.17. The second-order valence-electron chi connectivity index (χ2n) is 4.94. The maximum Gasteiger partial charge on any atom is 0.287 e. The molecule has 0 aliphatic carbocycles. The lowest BCUT2D eigenvalue weighted by molar-refractivity contribution is 0.000692. The first-order valence-corrected chi connectivity index (χ1v) is 6.91. The van der Waals surface area contributed by atoms with Gasteiger partial charge in [-0.3, -0.25) is 4.79 Å². The van der Waals surface area contributed by atoms with Crippen LogP contribution in [0.5, 0.6) is 0 Å². The van der Waals surface area contributed by atoms with E-state index in [4.69, 9.17) is 21.1 Å². The van der Waals surface area contributed by atoms with Gasteiger partial charge in [0.05, 0.1) is 30.6 Å². The quantitative estimate of drug-likeness (QED) is 0.793. The van der Waals surface area contributed by atoms with E-state index in [2.05, 4.69) is 10.4 Å². The molecule has 0 fully saturated rings. The van der Waals surface area contributed by atoms with Crippen molar-refractivity contribution in [1.82, 2.24) is 9.78 Å². The molecule has 0 unspecified atom stereocenters. The highest BCUT2D eigenvalue weighted by Gasteiger charge is 2.18. The fraction of sp³-hybridized carbons (Fsp3) is 0.692. The van der Waals surface area contributed by atoms with Gasteiger partial charge < -0.3 is 14.8 Å². The molecule has 1 aromatic heterocycles. The Morgan fingerprint density at radius 3 is 2.80 bits per heavy atom. The van der Waals surface area contributed by atoms with Crippen LogP contribution in [-0.2, 0) is 16.0 Å². The minimum Gasteiger partial charge on any atom is -0.383 e. The summed E-state index contributed by atoms with van der Waals surface area (Å²) in [5.74, 6) is 0. The molecule has 1 aromatic rings. The zero-order valence-electron chi connectivity index (χ0n) is 12.4. The van der Waals surface area contributed by atoms with Crippen molar-refractivity contribution in [1.29, 1.82) is 0 Å². The molecule has 7 heteroatoms. The number of anilines is 1. The Labute approximate surface area is 124 Å². The molecule has 0 saturated heterocycles. The molecule has 0 aliphatic heterocycles. The Bertz CT molecular complexity index is 488. The molecule has 0 atom stereocenters. The third kappa shape index (κ3) is 4.77. The van der Waals surface area contributed by atoms with Crippen molar-refractivity contribution in [3.8, 4) is 0 Å². The monoisotopic (exact) mass is 303 g/mol. The molecule has 6 nitrogen and oxygen atoms in total. The smallest absolute Gasteiger partial charge is 0.287 e. The first-order chi connectivity index (χ1) is 9.41. The van der Waals surface area contributed by atoms with Crippen molar-refractivity contribution >= 4 is 17.3 Å². The van der Waals surface area contributed by atoms with Gasteiger partial charge in [0, 0.05) is 20.3 Å². The van der Waals surface area contributed by atoms with Crippen LogP contribution in [0.4, 0.5) is 5.69 Å². The van der Waals surface area contributed by atoms with Gasteiger partial charge in [-0.2, -0.15) is 5.10 Å². The Morgan fingerprint density at radius 2 is 2.20 bits per heavy atom. The Balaban J connectivity index is 2.78. The zero-order valence-corrected chi connectivity index (χ0v) is 13.2. The van der Waals surface area contributed by atoms with Gasteiger partial charge in [0.15, 0.2) is 0 Å². The van der Waals surface area contributed by atoms with Crippen LogP contribution in [0.1, 0.15) is 20.8 Å². The minimum atomic E-state index is -0.344. The number of rotatable bonds is 8. The lowest BCUT2D eigenvalue weighted by Crippen LogP contribution is -2.34. The molecule has 0 aliphatic rings. The number of halogens is 1. The van der Waals surface area contributed by atoms with E-state index in [9.17, 15) is 4.79 Å². The van der Waals surface area contributed by atoms with E-state index >= 15 is 0 Å². The van der Waals surface area contributed by atoms with E-state index in [0.29, 0.717) is 32.0 Å². The minimum absolute atomic E-state index is 0.128. The standard InChI is InChI=1S/C13H22ClN3O3/c1-5-20-13(2,3)9-15-10-8-16-17(6-7-19-4)12(18)11(10)14/h8,15H,5-7,9H2,1-4H3. The van der Waals surface area contributed by atoms with Crippen LogP contribution >= 0.6 is 11.6 Å². The van der Waals surface area contributed by atoms with Gasteiger partial charge in [0.2, 0.25) is 0 Å². The van der Waals surface area contributed by atoms with Crippen LogP contribution in [-0.4, -0.2) is 42.2 Å². The van der Waals surface area contributed by atoms with E-state index in [1.165, 1.54) is 4.68 Å². The lowest BCUT2D eigenvalue weighted by atomic mass is 10.1. The highest BCUT2D eigenvalue weighted by molar-refractivity contribution is 6.32. The fourth-order valence-electron chi connectivity index (χ4n) is 1.68. The summed E-state index contributed by atoms with van der Waals surface area (Å²) in [6.45, 7) is 7.80. The number of aromatic nitrogens is 2. The maximum atomic E-state index is 12.0. The summed E-state index contributed by atoms with van der Waals surface area (Å²) in [6, 6.07) is 0. The Kier molecular flexibility index (Phi) is 6.45. The third-order valence-corrected chi connectivity index (χ3v) is 3.10. The maximum absolute atomic E-state index is 12.0. The van der Waals surface area contributed by atoms with Crippen LogP contribution in [0.15, 0.2) is 11.0 Å². The second-order valence-corrected chi connectivity index (χ2v) is 5.32. The number of ether oxygens (including phenoxy) is 2. The molecule has 20 heavy (non-hydrogen) atoms. The molecule has 0 spiro atoms. The van der Waals surface area contributed by atoms with E-state index in [-0.39, 0.29) is 16.2 Å². The van der Waals surface area contributed by atoms with Crippen molar-refractivity contribution in [2.45, 2.75) is 32.9 Å². The zero-order chi connectivity index (χ0) is 15.2. The predicted octanol–water partition coefficient (Wildman–Crippen LogP) is 1.77. The largest absolute Gasteiger partial charge is 0.383 e. The van der Waals surface area contributed by atoms with Crippen LogP contribution in [0.3, 0.4) is 0 Å². The average molecular weight is 304 g/mol. The molecule has 1 N–H and O–H groups in total. The summed E-state index contributed by atoms with van der Waals surface area (Å²) in [6.07, 6.45) is 1.54. The first kappa shape index (κ1) is 16.9. The first-order valence-electron chi connectivity index (χ1n) is 6.53. The Morgan fingerprint density at radius 1 is 1.50 bits per heavy atom. The predicted molar refractivity (Wildman–Crippen MR) is 79.6 cm³/mol. The van der Waals surface area contributed by atoms with Crippen LogP contribution in [0, 0.1) is 0 Å². The molecular formula is C13H22ClN3O3. The van der Waals surface area contributed by atoms with Gasteiger partial charge >= 0.3 is 0 Å². The topological polar surface area (TPSA) is 65.4 Å². The van der Waals surface area contributed by atoms with Crippen molar-refractivity contribution in [3.05, 3.63) is 21.6 Å². The van der Waals surface area contributed by atoms with Gasteiger partial charge in [-0.1, -0.05) is 11.6 Å². The SMILES string of the molecule is CCOC(C)(C)CNc1cnn(CCOC)c(=O)c1Cl. The molecule has 0 radical (unpaired) electrons. The lowest BCUT2D eigenvalue weighted by Gasteiger charge is -2.25. The van der Waals surface area contributed by atoms with Crippen LogP contribution < -0.4 is 10.9 Å². The molecule has 0 amide bonds. The number of nitrogens with zero attached hydrogens (tertiary/aromatic N) is 2. The van der Waals surface area contributed by atoms with Gasteiger partial charge in [-0.25, -0.2) is 4.68 Å². The number of hydrogen-bond donors (Lipinski definition) is 1. The molecule has 0 bridgehead atoms. The third-order valence-electron chi connectivity index (χ3n) is 2.73. The fourth-order valence-corrected chi connectivity index (χ4v) is 1.89. The number of hydrogen-bond acceptors (Lipinski definition) is 5. The second kappa shape index (κ2) is 7.61. The molecule has 1 heterocycles. The van der Waals surface area contributed by atoms with E-state index < -0.39 is 0 Å². The summed E-state index contributed by atoms with van der Waals surface area (Å²) in [5, 5.41) is 7.29. The summed E-state index contributed by atoms with van der Waals surface area (Å²) in [4.78, 5) is 12.0. The summed E-state index contributed by atoms with van der Waals surface area (Å²) in [5.41, 5.74) is -0.163. The molecular weight excluding hydrogens is 282 g/mol. The molecule has 0 saturated carbocycles.